The zero-order valence-corrected chi connectivity index (χ0v) is 18.4. The summed E-state index contributed by atoms with van der Waals surface area (Å²) >= 11 is 5.62. The van der Waals surface area contributed by atoms with Gasteiger partial charge < -0.3 is 10.2 Å². The first-order valence-electron chi connectivity index (χ1n) is 9.47. The summed E-state index contributed by atoms with van der Waals surface area (Å²) < 4.78 is 2.84. The number of halogens is 1. The summed E-state index contributed by atoms with van der Waals surface area (Å²) in [6, 6.07) is 6.27. The number of hydrogen-bond donors (Lipinski definition) is 1. The minimum atomic E-state index is 0.145. The lowest BCUT2D eigenvalue weighted by molar-refractivity contribution is 0.558. The lowest BCUT2D eigenvalue weighted by Crippen LogP contribution is -2.28. The van der Waals surface area contributed by atoms with E-state index in [9.17, 15) is 0 Å². The summed E-state index contributed by atoms with van der Waals surface area (Å²) in [5, 5.41) is 9.41. The molecule has 2 atom stereocenters. The molecule has 0 radical (unpaired) electrons. The molecular weight excluding hydrogens is 438 g/mol. The van der Waals surface area contributed by atoms with Crippen LogP contribution in [0.4, 0.5) is 11.8 Å². The highest BCUT2D eigenvalue weighted by molar-refractivity contribution is 9.10. The predicted octanol–water partition coefficient (Wildman–Crippen LogP) is 3.82. The van der Waals surface area contributed by atoms with Gasteiger partial charge in [0.05, 0.1) is 12.1 Å². The summed E-state index contributed by atoms with van der Waals surface area (Å²) in [5.74, 6) is 2.87. The monoisotopic (exact) mass is 461 g/mol. The third kappa shape index (κ3) is 4.57. The Morgan fingerprint density at radius 1 is 1.39 bits per heavy atom. The lowest BCUT2D eigenvalue weighted by Gasteiger charge is -2.23. The number of anilines is 2. The molecule has 0 bridgehead atoms. The van der Waals surface area contributed by atoms with Gasteiger partial charge in [-0.3, -0.25) is 4.68 Å². The van der Waals surface area contributed by atoms with E-state index in [2.05, 4.69) is 68.0 Å². The smallest absolute Gasteiger partial charge is 0.227 e. The Morgan fingerprint density at radius 2 is 2.29 bits per heavy atom. The van der Waals surface area contributed by atoms with Crippen LogP contribution in [0.15, 0.2) is 35.3 Å². The second-order valence-electron chi connectivity index (χ2n) is 7.21. The van der Waals surface area contributed by atoms with Gasteiger partial charge in [0.2, 0.25) is 5.95 Å². The molecular formula is C19H24BrN7S. The third-order valence-corrected chi connectivity index (χ3v) is 6.67. The van der Waals surface area contributed by atoms with Crippen LogP contribution in [-0.2, 0) is 6.54 Å². The Morgan fingerprint density at radius 3 is 3.04 bits per heavy atom. The topological polar surface area (TPSA) is 71.8 Å². The van der Waals surface area contributed by atoms with Crippen molar-refractivity contribution in [2.45, 2.75) is 37.6 Å². The minimum absolute atomic E-state index is 0.145. The summed E-state index contributed by atoms with van der Waals surface area (Å²) in [6.07, 6.45) is 5.86. The van der Waals surface area contributed by atoms with Crippen LogP contribution in [0.1, 0.15) is 19.8 Å². The van der Waals surface area contributed by atoms with Gasteiger partial charge in [-0.2, -0.15) is 21.8 Å². The number of rotatable bonds is 7. The van der Waals surface area contributed by atoms with Gasteiger partial charge in [-0.05, 0) is 43.7 Å². The average molecular weight is 462 g/mol. The second kappa shape index (κ2) is 8.65. The molecule has 0 spiro atoms. The molecule has 1 aliphatic rings. The molecule has 28 heavy (non-hydrogen) atoms. The van der Waals surface area contributed by atoms with E-state index in [1.807, 2.05) is 16.8 Å². The van der Waals surface area contributed by atoms with Crippen LogP contribution in [0.5, 0.6) is 0 Å². The first-order chi connectivity index (χ1) is 13.6. The third-order valence-electron chi connectivity index (χ3n) is 4.80. The molecule has 2 aromatic heterocycles. The normalized spacial score (nSPS) is 17.8. The zero-order valence-electron chi connectivity index (χ0n) is 16.0. The van der Waals surface area contributed by atoms with Gasteiger partial charge in [0, 0.05) is 34.7 Å². The van der Waals surface area contributed by atoms with Crippen LogP contribution in [-0.4, -0.2) is 55.4 Å². The van der Waals surface area contributed by atoms with Crippen molar-refractivity contribution in [2.24, 2.45) is 0 Å². The summed E-state index contributed by atoms with van der Waals surface area (Å²) in [7, 11) is 2.08. The molecule has 3 aromatic rings. The molecule has 3 heterocycles. The Kier molecular flexibility index (Phi) is 6.01. The van der Waals surface area contributed by atoms with Gasteiger partial charge in [0.25, 0.3) is 0 Å². The van der Waals surface area contributed by atoms with Crippen molar-refractivity contribution in [3.05, 3.63) is 35.3 Å². The SMILES string of the molecule is CC(Cn1cncn1)Nc1nc(N(C)CC2CCCS2)nc2cc(Br)ccc12. The van der Waals surface area contributed by atoms with E-state index in [4.69, 9.17) is 9.97 Å². The van der Waals surface area contributed by atoms with E-state index in [1.165, 1.54) is 18.6 Å². The molecule has 9 heteroatoms. The Bertz CT molecular complexity index is 927. The summed E-state index contributed by atoms with van der Waals surface area (Å²) in [5.41, 5.74) is 0.931. The summed E-state index contributed by atoms with van der Waals surface area (Å²) in [4.78, 5) is 15.9. The number of thioether (sulfide) groups is 1. The second-order valence-corrected chi connectivity index (χ2v) is 9.54. The van der Waals surface area contributed by atoms with Gasteiger partial charge in [0.1, 0.15) is 18.5 Å². The van der Waals surface area contributed by atoms with Crippen LogP contribution in [0, 0.1) is 0 Å². The lowest BCUT2D eigenvalue weighted by atomic mass is 10.2. The number of fused-ring (bicyclic) bond motifs is 1. The quantitative estimate of drug-likeness (QED) is 0.573. The van der Waals surface area contributed by atoms with Gasteiger partial charge in [0.15, 0.2) is 0 Å². The van der Waals surface area contributed by atoms with Gasteiger partial charge in [-0.15, -0.1) is 0 Å². The van der Waals surface area contributed by atoms with E-state index in [-0.39, 0.29) is 6.04 Å². The fraction of sp³-hybridized carbons (Fsp3) is 0.474. The van der Waals surface area contributed by atoms with E-state index in [0.29, 0.717) is 11.8 Å². The van der Waals surface area contributed by atoms with Gasteiger partial charge in [-0.25, -0.2) is 9.97 Å². The first kappa shape index (κ1) is 19.4. The van der Waals surface area contributed by atoms with Crippen LogP contribution >= 0.6 is 27.7 Å². The van der Waals surface area contributed by atoms with Gasteiger partial charge >= 0.3 is 0 Å². The molecule has 2 unspecified atom stereocenters. The van der Waals surface area contributed by atoms with Crippen LogP contribution < -0.4 is 10.2 Å². The molecule has 0 amide bonds. The van der Waals surface area contributed by atoms with E-state index in [0.717, 1.165) is 33.7 Å². The van der Waals surface area contributed by atoms with E-state index < -0.39 is 0 Å². The average Bonchev–Trinajstić information content (AvgIpc) is 3.35. The Hall–Kier alpha value is -1.87. The Labute approximate surface area is 177 Å². The first-order valence-corrected chi connectivity index (χ1v) is 11.3. The van der Waals surface area contributed by atoms with Crippen molar-refractivity contribution in [1.29, 1.82) is 0 Å². The summed E-state index contributed by atoms with van der Waals surface area (Å²) in [6.45, 7) is 3.80. The highest BCUT2D eigenvalue weighted by atomic mass is 79.9. The van der Waals surface area contributed by atoms with Crippen LogP contribution in [0.3, 0.4) is 0 Å². The molecule has 1 saturated heterocycles. The van der Waals surface area contributed by atoms with Crippen molar-refractivity contribution in [3.63, 3.8) is 0 Å². The molecule has 4 rings (SSSR count). The molecule has 1 aromatic carbocycles. The highest BCUT2D eigenvalue weighted by Crippen LogP contribution is 2.29. The van der Waals surface area contributed by atoms with Crippen molar-refractivity contribution >= 4 is 50.4 Å². The van der Waals surface area contributed by atoms with E-state index >= 15 is 0 Å². The van der Waals surface area contributed by atoms with Crippen molar-refractivity contribution in [2.75, 3.05) is 29.6 Å². The standard InChI is InChI=1S/C19H24BrN7S/c1-13(9-27-12-21-11-22-27)23-18-16-6-5-14(20)8-17(16)24-19(25-18)26(2)10-15-4-3-7-28-15/h5-6,8,11-13,15H,3-4,7,9-10H2,1-2H3,(H,23,24,25). The number of hydrogen-bond acceptors (Lipinski definition) is 7. The van der Waals surface area contributed by atoms with E-state index in [1.54, 1.807) is 12.7 Å². The maximum atomic E-state index is 4.88. The number of benzene rings is 1. The molecule has 1 fully saturated rings. The fourth-order valence-corrected chi connectivity index (χ4v) is 5.11. The Balaban J connectivity index is 1.61. The van der Waals surface area contributed by atoms with Crippen molar-refractivity contribution in [1.82, 2.24) is 24.7 Å². The molecule has 1 aliphatic heterocycles. The highest BCUT2D eigenvalue weighted by Gasteiger charge is 2.20. The van der Waals surface area contributed by atoms with Crippen molar-refractivity contribution < 1.29 is 0 Å². The predicted molar refractivity (Wildman–Crippen MR) is 119 cm³/mol. The van der Waals surface area contributed by atoms with Crippen LogP contribution in [0.2, 0.25) is 0 Å². The number of nitrogens with one attached hydrogen (secondary N) is 1. The zero-order chi connectivity index (χ0) is 19.5. The molecule has 7 nitrogen and oxygen atoms in total. The van der Waals surface area contributed by atoms with Crippen molar-refractivity contribution in [3.8, 4) is 0 Å². The maximum Gasteiger partial charge on any atom is 0.227 e. The molecule has 0 aliphatic carbocycles. The van der Waals surface area contributed by atoms with Crippen LogP contribution in [0.25, 0.3) is 10.9 Å². The molecule has 0 saturated carbocycles. The largest absolute Gasteiger partial charge is 0.365 e. The molecule has 148 valence electrons. The molecule has 1 N–H and O–H groups in total. The maximum absolute atomic E-state index is 4.88. The number of nitrogens with zero attached hydrogens (tertiary/aromatic N) is 6. The van der Waals surface area contributed by atoms with Gasteiger partial charge in [-0.1, -0.05) is 15.9 Å². The fourth-order valence-electron chi connectivity index (χ4n) is 3.43. The number of aromatic nitrogens is 5. The minimum Gasteiger partial charge on any atom is -0.365 e.